The first-order valence-electron chi connectivity index (χ1n) is 23.4. The van der Waals surface area contributed by atoms with Gasteiger partial charge in [-0.05, 0) is 57.8 Å². The number of unbranched alkanes of at least 4 members (excludes halogenated alkanes) is 17. The minimum Gasteiger partial charge on any atom is -0.545 e. The molecule has 0 aromatic rings. The maximum Gasteiger partial charge on any atom is 0.306 e. The van der Waals surface area contributed by atoms with E-state index in [4.69, 9.17) is 18.9 Å². The molecule has 0 saturated heterocycles. The van der Waals surface area contributed by atoms with Crippen LogP contribution in [0.15, 0.2) is 60.8 Å². The van der Waals surface area contributed by atoms with Crippen molar-refractivity contribution in [2.75, 3.05) is 47.5 Å². The molecular weight excluding hydrogens is 743 g/mol. The SMILES string of the molecule is CC/C=C\C/C=C\C/C=C\C/C=C\C/C=C\CCCCCCCC(=O)OC(COC(=O)CCCCCCCCCCCCCCC)COC(OCC[N+](C)(C)C)C(=O)[O-]. The Morgan fingerprint density at radius 2 is 0.966 bits per heavy atom. The Labute approximate surface area is 361 Å². The normalized spacial score (nSPS) is 13.4. The van der Waals surface area contributed by atoms with Gasteiger partial charge in [0.2, 0.25) is 0 Å². The topological polar surface area (TPSA) is 111 Å². The van der Waals surface area contributed by atoms with Gasteiger partial charge in [0.1, 0.15) is 13.2 Å². The molecule has 0 aromatic heterocycles. The number of rotatable bonds is 42. The number of aliphatic carboxylic acids is 1. The first-order chi connectivity index (χ1) is 28.6. The van der Waals surface area contributed by atoms with E-state index in [9.17, 15) is 19.5 Å². The summed E-state index contributed by atoms with van der Waals surface area (Å²) in [7, 11) is 5.90. The van der Waals surface area contributed by atoms with E-state index in [2.05, 4.69) is 74.6 Å². The zero-order valence-corrected chi connectivity index (χ0v) is 38.4. The molecule has 9 heteroatoms. The van der Waals surface area contributed by atoms with Crippen molar-refractivity contribution < 1.29 is 42.9 Å². The summed E-state index contributed by atoms with van der Waals surface area (Å²) in [5.74, 6) is -2.31. The Morgan fingerprint density at radius 1 is 0.525 bits per heavy atom. The van der Waals surface area contributed by atoms with Crippen LogP contribution in [-0.2, 0) is 33.3 Å². The number of carbonyl (C=O) groups excluding carboxylic acids is 3. The number of quaternary nitrogens is 1. The molecule has 2 atom stereocenters. The van der Waals surface area contributed by atoms with Crippen molar-refractivity contribution in [3.05, 3.63) is 60.8 Å². The molecule has 0 aliphatic rings. The van der Waals surface area contributed by atoms with Crippen LogP contribution < -0.4 is 5.11 Å². The maximum absolute atomic E-state index is 12.8. The summed E-state index contributed by atoms with van der Waals surface area (Å²) in [5, 5.41) is 11.7. The molecule has 0 aliphatic heterocycles. The van der Waals surface area contributed by atoms with Crippen LogP contribution in [0.4, 0.5) is 0 Å². The Kier molecular flexibility index (Phi) is 39.6. The molecule has 2 unspecified atom stereocenters. The molecule has 0 aliphatic carbocycles. The highest BCUT2D eigenvalue weighted by molar-refractivity contribution is 5.70. The van der Waals surface area contributed by atoms with Gasteiger partial charge >= 0.3 is 11.9 Å². The highest BCUT2D eigenvalue weighted by Crippen LogP contribution is 2.14. The highest BCUT2D eigenvalue weighted by Gasteiger charge is 2.21. The first kappa shape index (κ1) is 56.0. The number of esters is 2. The summed E-state index contributed by atoms with van der Waals surface area (Å²) in [5.41, 5.74) is 0. The third-order valence-corrected chi connectivity index (χ3v) is 9.78. The van der Waals surface area contributed by atoms with Gasteiger partial charge in [0.25, 0.3) is 0 Å². The molecule has 9 nitrogen and oxygen atoms in total. The molecule has 340 valence electrons. The quantitative estimate of drug-likeness (QED) is 0.0197. The van der Waals surface area contributed by atoms with Crippen LogP contribution in [0.25, 0.3) is 0 Å². The Hall–Kier alpha value is -3.01. The third kappa shape index (κ3) is 42.9. The van der Waals surface area contributed by atoms with Crippen molar-refractivity contribution in [3.63, 3.8) is 0 Å². The monoisotopic (exact) mass is 830 g/mol. The molecule has 0 bridgehead atoms. The van der Waals surface area contributed by atoms with Gasteiger partial charge in [-0.3, -0.25) is 9.59 Å². The largest absolute Gasteiger partial charge is 0.545 e. The van der Waals surface area contributed by atoms with Crippen molar-refractivity contribution in [1.29, 1.82) is 0 Å². The number of carboxylic acid groups (broad SMARTS) is 1. The average Bonchev–Trinajstić information content (AvgIpc) is 3.19. The predicted molar refractivity (Wildman–Crippen MR) is 242 cm³/mol. The fourth-order valence-electron chi connectivity index (χ4n) is 6.15. The number of carboxylic acids is 1. The van der Waals surface area contributed by atoms with Crippen LogP contribution in [0.3, 0.4) is 0 Å². The van der Waals surface area contributed by atoms with Crippen LogP contribution in [0.2, 0.25) is 0 Å². The fourth-order valence-corrected chi connectivity index (χ4v) is 6.15. The second kappa shape index (κ2) is 41.7. The van der Waals surface area contributed by atoms with E-state index >= 15 is 0 Å². The van der Waals surface area contributed by atoms with Crippen LogP contribution >= 0.6 is 0 Å². The van der Waals surface area contributed by atoms with Crippen LogP contribution in [0.5, 0.6) is 0 Å². The second-order valence-electron chi connectivity index (χ2n) is 16.7. The zero-order chi connectivity index (χ0) is 43.5. The van der Waals surface area contributed by atoms with Crippen molar-refractivity contribution >= 4 is 17.9 Å². The molecule has 0 spiro atoms. The van der Waals surface area contributed by atoms with Crippen molar-refractivity contribution in [1.82, 2.24) is 0 Å². The number of ether oxygens (including phenoxy) is 4. The summed E-state index contributed by atoms with van der Waals surface area (Å²) in [6, 6.07) is 0. The smallest absolute Gasteiger partial charge is 0.306 e. The number of hydrogen-bond donors (Lipinski definition) is 0. The third-order valence-electron chi connectivity index (χ3n) is 9.78. The van der Waals surface area contributed by atoms with Gasteiger partial charge in [-0.1, -0.05) is 171 Å². The van der Waals surface area contributed by atoms with E-state index < -0.39 is 24.3 Å². The van der Waals surface area contributed by atoms with Gasteiger partial charge in [-0.2, -0.15) is 0 Å². The zero-order valence-electron chi connectivity index (χ0n) is 38.4. The van der Waals surface area contributed by atoms with Gasteiger partial charge in [0.15, 0.2) is 12.4 Å². The molecular formula is C50H87NO8. The number of likely N-dealkylation sites (N-methyl/N-ethyl adjacent to an activating group) is 1. The lowest BCUT2D eigenvalue weighted by Crippen LogP contribution is -2.44. The molecule has 0 amide bonds. The van der Waals surface area contributed by atoms with Gasteiger partial charge in [0.05, 0.1) is 40.3 Å². The summed E-state index contributed by atoms with van der Waals surface area (Å²) >= 11 is 0. The summed E-state index contributed by atoms with van der Waals surface area (Å²) in [6.45, 7) is 4.59. The Balaban J connectivity index is 4.44. The van der Waals surface area contributed by atoms with E-state index in [1.54, 1.807) is 0 Å². The molecule has 0 aromatic carbocycles. The average molecular weight is 830 g/mol. The number of allylic oxidation sites excluding steroid dienone is 10. The molecule has 0 rings (SSSR count). The van der Waals surface area contributed by atoms with Crippen molar-refractivity contribution in [3.8, 4) is 0 Å². The number of hydrogen-bond acceptors (Lipinski definition) is 8. The van der Waals surface area contributed by atoms with E-state index in [1.165, 1.54) is 64.2 Å². The molecule has 0 saturated carbocycles. The lowest BCUT2D eigenvalue weighted by Gasteiger charge is -2.26. The summed E-state index contributed by atoms with van der Waals surface area (Å²) < 4.78 is 22.5. The van der Waals surface area contributed by atoms with E-state index in [1.807, 2.05) is 21.1 Å². The fraction of sp³-hybridized carbons (Fsp3) is 0.740. The van der Waals surface area contributed by atoms with Crippen molar-refractivity contribution in [2.24, 2.45) is 0 Å². The van der Waals surface area contributed by atoms with Crippen molar-refractivity contribution in [2.45, 2.75) is 193 Å². The summed E-state index contributed by atoms with van der Waals surface area (Å²) in [6.07, 6.45) is 46.7. The van der Waals surface area contributed by atoms with Crippen LogP contribution in [0, 0.1) is 0 Å². The van der Waals surface area contributed by atoms with Crippen LogP contribution in [0.1, 0.15) is 181 Å². The minimum absolute atomic E-state index is 0.142. The Bertz CT molecular complexity index is 1150. The standard InChI is InChI=1S/C50H87NO8/c1-6-8-10-12-14-16-18-20-21-22-23-24-25-26-27-29-31-33-35-37-39-41-48(53)59-46(45-58-50(49(54)55)56-43-42-51(3,4)5)44-57-47(52)40-38-36-34-32-30-28-19-17-15-13-11-9-7-2/h8,10,14,16,20-21,23-24,26-27,46,50H,6-7,9,11-13,15,17-19,22,25,28-45H2,1-5H3/b10-8-,16-14-,21-20-,24-23-,27-26-. The Morgan fingerprint density at radius 3 is 1.44 bits per heavy atom. The van der Waals surface area contributed by atoms with Gasteiger partial charge in [-0.25, -0.2) is 0 Å². The van der Waals surface area contributed by atoms with Gasteiger partial charge in [0, 0.05) is 12.8 Å². The highest BCUT2D eigenvalue weighted by atomic mass is 16.7. The molecule has 0 fully saturated rings. The number of carbonyl (C=O) groups is 3. The predicted octanol–water partition coefficient (Wildman–Crippen LogP) is 11.2. The molecule has 59 heavy (non-hydrogen) atoms. The van der Waals surface area contributed by atoms with E-state index in [0.717, 1.165) is 83.5 Å². The lowest BCUT2D eigenvalue weighted by atomic mass is 10.0. The first-order valence-corrected chi connectivity index (χ1v) is 23.4. The molecule has 0 heterocycles. The van der Waals surface area contributed by atoms with Crippen LogP contribution in [-0.4, -0.2) is 82.3 Å². The lowest BCUT2D eigenvalue weighted by molar-refractivity contribution is -0.870. The second-order valence-corrected chi connectivity index (χ2v) is 16.7. The van der Waals surface area contributed by atoms with E-state index in [-0.39, 0.29) is 38.6 Å². The summed E-state index contributed by atoms with van der Waals surface area (Å²) in [4.78, 5) is 37.0. The van der Waals surface area contributed by atoms with Gasteiger partial charge in [-0.15, -0.1) is 0 Å². The maximum atomic E-state index is 12.8. The molecule has 0 N–H and O–H groups in total. The minimum atomic E-state index is -1.63. The van der Waals surface area contributed by atoms with E-state index in [0.29, 0.717) is 17.4 Å². The van der Waals surface area contributed by atoms with Gasteiger partial charge < -0.3 is 33.3 Å². The number of nitrogens with zero attached hydrogens (tertiary/aromatic N) is 1. The molecule has 0 radical (unpaired) electrons.